The molecule has 0 N–H and O–H groups in total. The second-order valence-corrected chi connectivity index (χ2v) is 3.86. The predicted octanol–water partition coefficient (Wildman–Crippen LogP) is 3.14. The summed E-state index contributed by atoms with van der Waals surface area (Å²) in [6.07, 6.45) is 4.09. The van der Waals surface area contributed by atoms with Crippen molar-refractivity contribution in [3.8, 4) is 0 Å². The third-order valence-electron chi connectivity index (χ3n) is 1.98. The van der Waals surface area contributed by atoms with Gasteiger partial charge in [-0.05, 0) is 19.8 Å². The predicted molar refractivity (Wildman–Crippen MR) is 58.1 cm³/mol. The lowest BCUT2D eigenvalue weighted by Crippen LogP contribution is -2.18. The van der Waals surface area contributed by atoms with Crippen molar-refractivity contribution in [3.63, 3.8) is 0 Å². The van der Waals surface area contributed by atoms with E-state index in [1.165, 1.54) is 0 Å². The molecular formula is C10H19BrO2. The molecule has 0 aliphatic carbocycles. The summed E-state index contributed by atoms with van der Waals surface area (Å²) in [6.45, 7) is 4.48. The molecule has 1 atom stereocenters. The highest BCUT2D eigenvalue weighted by Gasteiger charge is 2.17. The van der Waals surface area contributed by atoms with E-state index in [1.807, 2.05) is 6.92 Å². The minimum absolute atomic E-state index is 0.0320. The number of halogens is 1. The van der Waals surface area contributed by atoms with E-state index in [4.69, 9.17) is 4.74 Å². The number of alkyl halides is 1. The maximum atomic E-state index is 11.4. The summed E-state index contributed by atoms with van der Waals surface area (Å²) < 4.78 is 4.99. The van der Waals surface area contributed by atoms with Crippen molar-refractivity contribution in [2.24, 2.45) is 5.92 Å². The normalized spacial score (nSPS) is 12.5. The third kappa shape index (κ3) is 6.08. The minimum Gasteiger partial charge on any atom is -0.466 e. The van der Waals surface area contributed by atoms with Crippen LogP contribution < -0.4 is 0 Å². The third-order valence-corrected chi connectivity index (χ3v) is 2.44. The Hall–Kier alpha value is -0.0500. The Labute approximate surface area is 89.2 Å². The van der Waals surface area contributed by atoms with Gasteiger partial charge in [0.2, 0.25) is 0 Å². The van der Waals surface area contributed by atoms with Crippen LogP contribution in [0, 0.1) is 5.92 Å². The van der Waals surface area contributed by atoms with Gasteiger partial charge in [0, 0.05) is 5.33 Å². The summed E-state index contributed by atoms with van der Waals surface area (Å²) in [5, 5.41) is 0.875. The smallest absolute Gasteiger partial charge is 0.308 e. The van der Waals surface area contributed by atoms with E-state index in [9.17, 15) is 4.79 Å². The molecule has 0 bridgehead atoms. The summed E-state index contributed by atoms with van der Waals surface area (Å²) in [7, 11) is 0. The van der Waals surface area contributed by atoms with Gasteiger partial charge < -0.3 is 4.74 Å². The number of hydrogen-bond donors (Lipinski definition) is 0. The van der Waals surface area contributed by atoms with Crippen LogP contribution in [0.15, 0.2) is 0 Å². The first-order valence-corrected chi connectivity index (χ1v) is 6.11. The number of rotatable bonds is 7. The minimum atomic E-state index is -0.0320. The molecule has 0 spiro atoms. The van der Waals surface area contributed by atoms with E-state index in [-0.39, 0.29) is 11.9 Å². The first-order chi connectivity index (χ1) is 6.26. The number of carbonyl (C=O) groups excluding carboxylic acids is 1. The molecule has 3 heteroatoms. The monoisotopic (exact) mass is 250 g/mol. The highest BCUT2D eigenvalue weighted by molar-refractivity contribution is 9.09. The van der Waals surface area contributed by atoms with Gasteiger partial charge in [0.25, 0.3) is 0 Å². The Kier molecular flexibility index (Phi) is 8.51. The Bertz CT molecular complexity index is 137. The summed E-state index contributed by atoms with van der Waals surface area (Å²) in [5.74, 6) is 0.0645. The Balaban J connectivity index is 3.83. The van der Waals surface area contributed by atoms with Crippen molar-refractivity contribution < 1.29 is 9.53 Å². The first kappa shape index (κ1) is 12.9. The molecule has 0 aromatic heterocycles. The molecule has 1 unspecified atom stereocenters. The molecule has 0 aliphatic rings. The van der Waals surface area contributed by atoms with E-state index >= 15 is 0 Å². The number of unbranched alkanes of at least 4 members (excludes halogenated alkanes) is 1. The Morgan fingerprint density at radius 2 is 2.08 bits per heavy atom. The van der Waals surface area contributed by atoms with Gasteiger partial charge in [0.05, 0.1) is 12.5 Å². The highest BCUT2D eigenvalue weighted by Crippen LogP contribution is 2.15. The van der Waals surface area contributed by atoms with Crippen LogP contribution in [-0.4, -0.2) is 17.9 Å². The van der Waals surface area contributed by atoms with Crippen molar-refractivity contribution in [1.29, 1.82) is 0 Å². The lowest BCUT2D eigenvalue weighted by Gasteiger charge is -2.13. The number of carbonyl (C=O) groups is 1. The van der Waals surface area contributed by atoms with E-state index in [0.29, 0.717) is 6.61 Å². The average molecular weight is 251 g/mol. The first-order valence-electron chi connectivity index (χ1n) is 4.98. The molecule has 2 nitrogen and oxygen atoms in total. The average Bonchev–Trinajstić information content (AvgIpc) is 2.12. The van der Waals surface area contributed by atoms with Gasteiger partial charge in [0.15, 0.2) is 0 Å². The molecule has 0 saturated heterocycles. The summed E-state index contributed by atoms with van der Waals surface area (Å²) >= 11 is 3.35. The fraction of sp³-hybridized carbons (Fsp3) is 0.900. The maximum absolute atomic E-state index is 11.4. The van der Waals surface area contributed by atoms with E-state index in [2.05, 4.69) is 22.9 Å². The summed E-state index contributed by atoms with van der Waals surface area (Å²) in [5.41, 5.74) is 0. The van der Waals surface area contributed by atoms with Gasteiger partial charge in [-0.25, -0.2) is 0 Å². The van der Waals surface area contributed by atoms with Gasteiger partial charge in [-0.1, -0.05) is 35.7 Å². The standard InChI is InChI=1S/C10H19BrO2/c1-3-5-6-9(7-8-11)10(12)13-4-2/h9H,3-8H2,1-2H3. The van der Waals surface area contributed by atoms with E-state index in [1.54, 1.807) is 0 Å². The zero-order chi connectivity index (χ0) is 10.1. The largest absolute Gasteiger partial charge is 0.466 e. The van der Waals surface area contributed by atoms with Crippen LogP contribution in [0.3, 0.4) is 0 Å². The molecule has 0 heterocycles. The molecule has 0 amide bonds. The second kappa shape index (κ2) is 8.54. The van der Waals surface area contributed by atoms with Crippen LogP contribution >= 0.6 is 15.9 Å². The van der Waals surface area contributed by atoms with Crippen molar-refractivity contribution in [1.82, 2.24) is 0 Å². The van der Waals surface area contributed by atoms with E-state index in [0.717, 1.165) is 31.0 Å². The topological polar surface area (TPSA) is 26.3 Å². The zero-order valence-electron chi connectivity index (χ0n) is 8.51. The van der Waals surface area contributed by atoms with Gasteiger partial charge in [-0.2, -0.15) is 0 Å². The van der Waals surface area contributed by atoms with Gasteiger partial charge in [-0.15, -0.1) is 0 Å². The molecular weight excluding hydrogens is 232 g/mol. The van der Waals surface area contributed by atoms with Crippen LogP contribution in [-0.2, 0) is 9.53 Å². The van der Waals surface area contributed by atoms with Gasteiger partial charge in [-0.3, -0.25) is 4.79 Å². The van der Waals surface area contributed by atoms with E-state index < -0.39 is 0 Å². The van der Waals surface area contributed by atoms with Crippen LogP contribution in [0.2, 0.25) is 0 Å². The van der Waals surface area contributed by atoms with Crippen LogP contribution in [0.4, 0.5) is 0 Å². The van der Waals surface area contributed by atoms with Gasteiger partial charge >= 0.3 is 5.97 Å². The van der Waals surface area contributed by atoms with Crippen molar-refractivity contribution in [2.45, 2.75) is 39.5 Å². The second-order valence-electron chi connectivity index (χ2n) is 3.07. The zero-order valence-corrected chi connectivity index (χ0v) is 10.1. The molecule has 13 heavy (non-hydrogen) atoms. The number of hydrogen-bond acceptors (Lipinski definition) is 2. The quantitative estimate of drug-likeness (QED) is 0.513. The number of ether oxygens (including phenoxy) is 1. The van der Waals surface area contributed by atoms with Crippen LogP contribution in [0.25, 0.3) is 0 Å². The summed E-state index contributed by atoms with van der Waals surface area (Å²) in [4.78, 5) is 11.4. The molecule has 0 aliphatic heterocycles. The molecule has 0 rings (SSSR count). The number of esters is 1. The maximum Gasteiger partial charge on any atom is 0.308 e. The lowest BCUT2D eigenvalue weighted by molar-refractivity contribution is -0.148. The van der Waals surface area contributed by atoms with Crippen molar-refractivity contribution >= 4 is 21.9 Å². The molecule has 0 radical (unpaired) electrons. The molecule has 78 valence electrons. The lowest BCUT2D eigenvalue weighted by atomic mass is 10.00. The van der Waals surface area contributed by atoms with Crippen LogP contribution in [0.5, 0.6) is 0 Å². The molecule has 0 fully saturated rings. The molecule has 0 aromatic carbocycles. The summed E-state index contributed by atoms with van der Waals surface area (Å²) in [6, 6.07) is 0. The molecule has 0 aromatic rings. The Morgan fingerprint density at radius 3 is 2.54 bits per heavy atom. The molecule has 0 saturated carbocycles. The van der Waals surface area contributed by atoms with Crippen molar-refractivity contribution in [2.75, 3.05) is 11.9 Å². The van der Waals surface area contributed by atoms with Crippen LogP contribution in [0.1, 0.15) is 39.5 Å². The highest BCUT2D eigenvalue weighted by atomic mass is 79.9. The fourth-order valence-electron chi connectivity index (χ4n) is 1.22. The van der Waals surface area contributed by atoms with Crippen molar-refractivity contribution in [3.05, 3.63) is 0 Å². The van der Waals surface area contributed by atoms with Gasteiger partial charge in [0.1, 0.15) is 0 Å². The SMILES string of the molecule is CCCCC(CCBr)C(=O)OCC. The fourth-order valence-corrected chi connectivity index (χ4v) is 1.78. The Morgan fingerprint density at radius 1 is 1.38 bits per heavy atom.